The van der Waals surface area contributed by atoms with Gasteiger partial charge in [0.15, 0.2) is 0 Å². The zero-order valence-electron chi connectivity index (χ0n) is 15.7. The van der Waals surface area contributed by atoms with E-state index >= 15 is 0 Å². The highest BCUT2D eigenvalue weighted by atomic mass is 32.2. The molecule has 1 saturated heterocycles. The lowest BCUT2D eigenvalue weighted by molar-refractivity contribution is -0.115. The van der Waals surface area contributed by atoms with Crippen LogP contribution < -0.4 is 5.32 Å². The first kappa shape index (κ1) is 19.5. The molecule has 0 unspecified atom stereocenters. The van der Waals surface area contributed by atoms with Gasteiger partial charge in [-0.15, -0.1) is 11.8 Å². The molecule has 0 radical (unpaired) electrons. The Balaban J connectivity index is 1.34. The van der Waals surface area contributed by atoms with Crippen molar-refractivity contribution in [2.45, 2.75) is 18.2 Å². The van der Waals surface area contributed by atoms with Crippen LogP contribution in [0.3, 0.4) is 0 Å². The molecule has 0 aliphatic carbocycles. The monoisotopic (exact) mass is 422 g/mol. The zero-order chi connectivity index (χ0) is 20.2. The fourth-order valence-electron chi connectivity index (χ4n) is 2.86. The van der Waals surface area contributed by atoms with Crippen molar-refractivity contribution in [3.63, 3.8) is 0 Å². The molecule has 146 valence electrons. The number of amides is 2. The molecule has 29 heavy (non-hydrogen) atoms. The summed E-state index contributed by atoms with van der Waals surface area (Å²) in [7, 11) is 0. The van der Waals surface area contributed by atoms with Crippen molar-refractivity contribution in [2.24, 2.45) is 0 Å². The molecule has 1 fully saturated rings. The lowest BCUT2D eigenvalue weighted by atomic mass is 10.2. The number of oxazole rings is 1. The van der Waals surface area contributed by atoms with Gasteiger partial charge in [0.25, 0.3) is 11.1 Å². The minimum atomic E-state index is -0.337. The molecule has 1 aromatic heterocycles. The summed E-state index contributed by atoms with van der Waals surface area (Å²) in [5.41, 5.74) is 2.85. The summed E-state index contributed by atoms with van der Waals surface area (Å²) < 4.78 is 5.81. The van der Waals surface area contributed by atoms with Gasteiger partial charge in [-0.25, -0.2) is 4.98 Å². The standard InChI is InChI=1S/C22H18N2O3S2/c1-14-18(23-21(27-14)16-5-3-2-4-6-16)11-12-28-17-9-7-15(8-10-17)13-19-20(25)24-22(26)29-19/h2-10,13H,11-12H2,1H3,(H,24,25,26). The number of carbonyl (C=O) groups excluding carboxylic acids is 2. The van der Waals surface area contributed by atoms with Crippen LogP contribution in [0, 0.1) is 6.92 Å². The summed E-state index contributed by atoms with van der Waals surface area (Å²) in [5, 5.41) is 1.93. The van der Waals surface area contributed by atoms with E-state index in [-0.39, 0.29) is 11.1 Å². The van der Waals surface area contributed by atoms with Crippen LogP contribution in [0.5, 0.6) is 0 Å². The fraction of sp³-hybridized carbons (Fsp3) is 0.136. The van der Waals surface area contributed by atoms with E-state index in [0.717, 1.165) is 51.4 Å². The number of nitrogens with one attached hydrogen (secondary N) is 1. The van der Waals surface area contributed by atoms with Crippen molar-refractivity contribution >= 4 is 40.7 Å². The van der Waals surface area contributed by atoms with Gasteiger partial charge in [0.1, 0.15) is 5.76 Å². The highest BCUT2D eigenvalue weighted by Gasteiger charge is 2.24. The lowest BCUT2D eigenvalue weighted by Gasteiger charge is -2.02. The summed E-state index contributed by atoms with van der Waals surface area (Å²) in [6.45, 7) is 1.95. The Kier molecular flexibility index (Phi) is 5.87. The largest absolute Gasteiger partial charge is 0.441 e. The van der Waals surface area contributed by atoms with E-state index < -0.39 is 0 Å². The van der Waals surface area contributed by atoms with Crippen LogP contribution in [0.2, 0.25) is 0 Å². The molecular weight excluding hydrogens is 404 g/mol. The summed E-state index contributed by atoms with van der Waals surface area (Å²) in [4.78, 5) is 29.0. The smallest absolute Gasteiger partial charge is 0.290 e. The molecule has 1 N–H and O–H groups in total. The first-order valence-electron chi connectivity index (χ1n) is 9.08. The molecule has 2 heterocycles. The number of benzene rings is 2. The highest BCUT2D eigenvalue weighted by Crippen LogP contribution is 2.27. The first-order valence-corrected chi connectivity index (χ1v) is 10.9. The second kappa shape index (κ2) is 8.71. The number of hydrogen-bond acceptors (Lipinski definition) is 6. The predicted octanol–water partition coefficient (Wildman–Crippen LogP) is 5.31. The average Bonchev–Trinajstić information content (AvgIpc) is 3.25. The van der Waals surface area contributed by atoms with Crippen LogP contribution in [0.4, 0.5) is 4.79 Å². The second-order valence-corrected chi connectivity index (χ2v) is 8.59. The van der Waals surface area contributed by atoms with Gasteiger partial charge < -0.3 is 4.42 Å². The summed E-state index contributed by atoms with van der Waals surface area (Å²) in [5.74, 6) is 2.06. The van der Waals surface area contributed by atoms with Gasteiger partial charge in [0, 0.05) is 22.6 Å². The molecule has 1 aliphatic rings. The van der Waals surface area contributed by atoms with Crippen LogP contribution in [-0.2, 0) is 11.2 Å². The Morgan fingerprint density at radius 3 is 2.55 bits per heavy atom. The number of hydrogen-bond donors (Lipinski definition) is 1. The summed E-state index contributed by atoms with van der Waals surface area (Å²) >= 11 is 2.67. The minimum Gasteiger partial charge on any atom is -0.441 e. The maximum atomic E-state index is 11.6. The van der Waals surface area contributed by atoms with E-state index in [9.17, 15) is 9.59 Å². The van der Waals surface area contributed by atoms with Crippen LogP contribution in [0.15, 0.2) is 68.8 Å². The van der Waals surface area contributed by atoms with Gasteiger partial charge >= 0.3 is 0 Å². The van der Waals surface area contributed by atoms with Crippen molar-refractivity contribution < 1.29 is 14.0 Å². The third-order valence-electron chi connectivity index (χ3n) is 4.34. The number of aryl methyl sites for hydroxylation is 2. The lowest BCUT2D eigenvalue weighted by Crippen LogP contribution is -2.17. The van der Waals surface area contributed by atoms with Gasteiger partial charge in [-0.2, -0.15) is 0 Å². The second-order valence-electron chi connectivity index (χ2n) is 6.41. The molecular formula is C22H18N2O3S2. The Bertz CT molecular complexity index is 1070. The normalized spacial score (nSPS) is 15.1. The van der Waals surface area contributed by atoms with E-state index in [1.165, 1.54) is 0 Å². The number of rotatable bonds is 6. The van der Waals surface area contributed by atoms with Crippen molar-refractivity contribution in [1.29, 1.82) is 0 Å². The van der Waals surface area contributed by atoms with Gasteiger partial charge in [0.2, 0.25) is 5.89 Å². The molecule has 0 atom stereocenters. The SMILES string of the molecule is Cc1oc(-c2ccccc2)nc1CCSc1ccc(C=C2SC(=O)NC2=O)cc1. The van der Waals surface area contributed by atoms with Crippen molar-refractivity contribution in [3.05, 3.63) is 76.5 Å². The number of thioether (sulfide) groups is 2. The number of nitrogens with zero attached hydrogens (tertiary/aromatic N) is 1. The maximum Gasteiger partial charge on any atom is 0.290 e. The highest BCUT2D eigenvalue weighted by molar-refractivity contribution is 8.18. The van der Waals surface area contributed by atoms with Gasteiger partial charge in [0.05, 0.1) is 10.6 Å². The van der Waals surface area contributed by atoms with Crippen LogP contribution >= 0.6 is 23.5 Å². The maximum absolute atomic E-state index is 11.6. The Morgan fingerprint density at radius 2 is 1.86 bits per heavy atom. The molecule has 0 bridgehead atoms. The molecule has 5 nitrogen and oxygen atoms in total. The number of carbonyl (C=O) groups is 2. The molecule has 0 spiro atoms. The Labute approximate surface area is 177 Å². The molecule has 3 aromatic rings. The van der Waals surface area contributed by atoms with Crippen molar-refractivity contribution in [3.8, 4) is 11.5 Å². The van der Waals surface area contributed by atoms with Crippen LogP contribution in [0.25, 0.3) is 17.5 Å². The number of aromatic nitrogens is 1. The van der Waals surface area contributed by atoms with Crippen molar-refractivity contribution in [2.75, 3.05) is 5.75 Å². The summed E-state index contributed by atoms with van der Waals surface area (Å²) in [6.07, 6.45) is 2.54. The molecule has 4 rings (SSSR count). The molecule has 7 heteroatoms. The third kappa shape index (κ3) is 4.81. The third-order valence-corrected chi connectivity index (χ3v) is 6.17. The van der Waals surface area contributed by atoms with E-state index in [2.05, 4.69) is 10.3 Å². The van der Waals surface area contributed by atoms with Crippen LogP contribution in [0.1, 0.15) is 17.0 Å². The van der Waals surface area contributed by atoms with E-state index in [0.29, 0.717) is 10.8 Å². The van der Waals surface area contributed by atoms with Crippen molar-refractivity contribution in [1.82, 2.24) is 10.3 Å². The van der Waals surface area contributed by atoms with E-state index in [1.807, 2.05) is 61.5 Å². The molecule has 1 aliphatic heterocycles. The first-order chi connectivity index (χ1) is 14.1. The quantitative estimate of drug-likeness (QED) is 0.429. The molecule has 0 saturated carbocycles. The topological polar surface area (TPSA) is 72.2 Å². The number of imide groups is 1. The van der Waals surface area contributed by atoms with Gasteiger partial charge in [-0.3, -0.25) is 14.9 Å². The Hall–Kier alpha value is -2.77. The van der Waals surface area contributed by atoms with Gasteiger partial charge in [-0.05, 0) is 54.6 Å². The van der Waals surface area contributed by atoms with Crippen LogP contribution in [-0.4, -0.2) is 21.9 Å². The summed E-state index contributed by atoms with van der Waals surface area (Å²) in [6, 6.07) is 17.8. The molecule has 2 aromatic carbocycles. The van der Waals surface area contributed by atoms with E-state index in [1.54, 1.807) is 17.8 Å². The Morgan fingerprint density at radius 1 is 1.10 bits per heavy atom. The molecule has 2 amide bonds. The average molecular weight is 423 g/mol. The minimum absolute atomic E-state index is 0.327. The predicted molar refractivity (Wildman–Crippen MR) is 117 cm³/mol. The fourth-order valence-corrected chi connectivity index (χ4v) is 4.40. The van der Waals surface area contributed by atoms with Gasteiger partial charge in [-0.1, -0.05) is 30.3 Å². The van der Waals surface area contributed by atoms with E-state index in [4.69, 9.17) is 4.42 Å². The zero-order valence-corrected chi connectivity index (χ0v) is 17.3.